The number of rotatable bonds is 8. The largest absolute Gasteiger partial charge is 0.493 e. The summed E-state index contributed by atoms with van der Waals surface area (Å²) in [5.74, 6) is -1.37. The van der Waals surface area contributed by atoms with Crippen LogP contribution in [0.1, 0.15) is 33.7 Å². The van der Waals surface area contributed by atoms with Gasteiger partial charge in [0, 0.05) is 36.0 Å². The number of ether oxygens (including phenoxy) is 1. The van der Waals surface area contributed by atoms with Gasteiger partial charge in [-0.25, -0.2) is 9.37 Å². The zero-order chi connectivity index (χ0) is 24.9. The molecular weight excluding hydrogens is 480 g/mol. The zero-order valence-electron chi connectivity index (χ0n) is 17.5. The number of aromatic nitrogens is 2. The molecule has 2 heterocycles. The first-order valence-electron chi connectivity index (χ1n) is 9.96. The summed E-state index contributed by atoms with van der Waals surface area (Å²) in [6.07, 6.45) is -3.41. The van der Waals surface area contributed by atoms with Gasteiger partial charge in [0.2, 0.25) is 5.56 Å². The molecule has 7 nitrogen and oxygen atoms in total. The third kappa shape index (κ3) is 6.33. The lowest BCUT2D eigenvalue weighted by Crippen LogP contribution is -2.20. The maximum Gasteiger partial charge on any atom is 0.434 e. The van der Waals surface area contributed by atoms with E-state index < -0.39 is 34.2 Å². The second-order valence-corrected chi connectivity index (χ2v) is 7.53. The summed E-state index contributed by atoms with van der Waals surface area (Å²) in [4.78, 5) is 30.4. The van der Waals surface area contributed by atoms with E-state index in [-0.39, 0.29) is 35.7 Å². The smallest absolute Gasteiger partial charge is 0.434 e. The van der Waals surface area contributed by atoms with E-state index in [4.69, 9.17) is 22.1 Å². The lowest BCUT2D eigenvalue weighted by molar-refractivity contribution is -0.141. The number of halogens is 5. The van der Waals surface area contributed by atoms with Crippen molar-refractivity contribution in [1.82, 2.24) is 9.97 Å². The molecule has 3 rings (SSSR count). The summed E-state index contributed by atoms with van der Waals surface area (Å²) in [6, 6.07) is 6.87. The fraction of sp³-hybridized carbons (Fsp3) is 0.227. The number of alkyl halides is 3. The van der Waals surface area contributed by atoms with Gasteiger partial charge in [-0.3, -0.25) is 9.59 Å². The van der Waals surface area contributed by atoms with Crippen LogP contribution in [-0.4, -0.2) is 29.0 Å². The van der Waals surface area contributed by atoms with Crippen molar-refractivity contribution in [2.24, 2.45) is 5.73 Å². The van der Waals surface area contributed by atoms with Crippen molar-refractivity contribution < 1.29 is 27.1 Å². The van der Waals surface area contributed by atoms with Crippen molar-refractivity contribution in [2.45, 2.75) is 19.0 Å². The van der Waals surface area contributed by atoms with E-state index in [9.17, 15) is 27.2 Å². The summed E-state index contributed by atoms with van der Waals surface area (Å²) < 4.78 is 59.7. The highest BCUT2D eigenvalue weighted by Crippen LogP contribution is 2.35. The summed E-state index contributed by atoms with van der Waals surface area (Å²) in [5.41, 5.74) is 3.46. The van der Waals surface area contributed by atoms with Gasteiger partial charge >= 0.3 is 6.18 Å². The molecule has 180 valence electrons. The second kappa shape index (κ2) is 10.7. The van der Waals surface area contributed by atoms with Crippen molar-refractivity contribution >= 4 is 23.2 Å². The highest BCUT2D eigenvalue weighted by Gasteiger charge is 2.36. The molecule has 0 saturated heterocycles. The van der Waals surface area contributed by atoms with E-state index in [2.05, 4.69) is 15.3 Å². The van der Waals surface area contributed by atoms with Gasteiger partial charge in [0.25, 0.3) is 5.91 Å². The molecular formula is C22H19ClF4N4O3. The number of H-pyrrole nitrogens is 1. The molecule has 0 spiro atoms. The van der Waals surface area contributed by atoms with Crippen LogP contribution in [0.5, 0.6) is 5.75 Å². The number of hydrogen-bond donors (Lipinski definition) is 3. The number of benzene rings is 1. The molecule has 0 aliphatic rings. The van der Waals surface area contributed by atoms with Gasteiger partial charge in [-0.2, -0.15) is 13.2 Å². The topological polar surface area (TPSA) is 110 Å². The Kier molecular flexibility index (Phi) is 7.90. The summed E-state index contributed by atoms with van der Waals surface area (Å²) in [7, 11) is 0. The molecule has 3 aromatic rings. The van der Waals surface area contributed by atoms with Crippen LogP contribution < -0.4 is 21.3 Å². The number of amides is 1. The number of nitrogens with two attached hydrogens (primary N) is 1. The normalized spacial score (nSPS) is 11.4. The van der Waals surface area contributed by atoms with Crippen LogP contribution in [0.3, 0.4) is 0 Å². The van der Waals surface area contributed by atoms with Crippen LogP contribution in [0.4, 0.5) is 23.2 Å². The highest BCUT2D eigenvalue weighted by atomic mass is 35.5. The summed E-state index contributed by atoms with van der Waals surface area (Å²) in [5, 5.41) is 1.66. The Morgan fingerprint density at radius 1 is 1.21 bits per heavy atom. The zero-order valence-corrected chi connectivity index (χ0v) is 18.3. The number of aromatic amines is 1. The molecule has 0 atom stereocenters. The molecule has 0 bridgehead atoms. The van der Waals surface area contributed by atoms with Gasteiger partial charge in [-0.15, -0.1) is 0 Å². The Labute approximate surface area is 195 Å². The van der Waals surface area contributed by atoms with Crippen molar-refractivity contribution in [2.75, 3.05) is 18.5 Å². The molecule has 0 radical (unpaired) electrons. The second-order valence-electron chi connectivity index (χ2n) is 7.13. The monoisotopic (exact) mass is 498 g/mol. The quantitative estimate of drug-likeness (QED) is 0.319. The van der Waals surface area contributed by atoms with Crippen molar-refractivity contribution in [3.8, 4) is 5.75 Å². The van der Waals surface area contributed by atoms with E-state index in [1.165, 1.54) is 18.3 Å². The van der Waals surface area contributed by atoms with E-state index in [0.717, 1.165) is 24.3 Å². The van der Waals surface area contributed by atoms with Gasteiger partial charge in [0.1, 0.15) is 11.6 Å². The van der Waals surface area contributed by atoms with Gasteiger partial charge in [0.15, 0.2) is 5.69 Å². The molecule has 0 unspecified atom stereocenters. The first kappa shape index (κ1) is 25.2. The molecule has 1 amide bonds. The Balaban J connectivity index is 2.04. The van der Waals surface area contributed by atoms with E-state index in [1.54, 1.807) is 0 Å². The average molecular weight is 499 g/mol. The Morgan fingerprint density at radius 2 is 1.97 bits per heavy atom. The molecule has 12 heteroatoms. The fourth-order valence-corrected chi connectivity index (χ4v) is 3.29. The van der Waals surface area contributed by atoms with E-state index >= 15 is 0 Å². The average Bonchev–Trinajstić information content (AvgIpc) is 2.75. The number of anilines is 1. The summed E-state index contributed by atoms with van der Waals surface area (Å²) in [6.45, 7) is 0.482. The van der Waals surface area contributed by atoms with Crippen molar-refractivity contribution in [1.29, 1.82) is 0 Å². The standard InChI is InChI=1S/C22H19ClF4N4O3/c23-16-11-15(21(33)30-14-4-6-29-19(32)10-14)17(31-20(16)22(25,26)27)8-12-2-3-13(24)9-18(12)34-7-1-5-28/h2-4,6,9-11H,1,5,7-8,28H2,(H2,29,30,32,33). The fourth-order valence-electron chi connectivity index (χ4n) is 3.03. The summed E-state index contributed by atoms with van der Waals surface area (Å²) >= 11 is 5.79. The van der Waals surface area contributed by atoms with E-state index in [0.29, 0.717) is 18.5 Å². The molecule has 0 saturated carbocycles. The third-order valence-electron chi connectivity index (χ3n) is 4.59. The lowest BCUT2D eigenvalue weighted by Gasteiger charge is -2.16. The molecule has 4 N–H and O–H groups in total. The van der Waals surface area contributed by atoms with Crippen molar-refractivity contribution in [3.05, 3.63) is 86.3 Å². The Hall–Kier alpha value is -3.44. The molecule has 0 aliphatic heterocycles. The minimum atomic E-state index is -4.88. The molecule has 2 aromatic heterocycles. The van der Waals surface area contributed by atoms with Crippen LogP contribution in [0.2, 0.25) is 5.02 Å². The number of nitrogens with one attached hydrogen (secondary N) is 2. The van der Waals surface area contributed by atoms with Gasteiger partial charge < -0.3 is 20.8 Å². The third-order valence-corrected chi connectivity index (χ3v) is 4.88. The van der Waals surface area contributed by atoms with Crippen LogP contribution in [0.15, 0.2) is 47.4 Å². The predicted octanol–water partition coefficient (Wildman–Crippen LogP) is 4.15. The Morgan fingerprint density at radius 3 is 2.65 bits per heavy atom. The highest BCUT2D eigenvalue weighted by molar-refractivity contribution is 6.31. The van der Waals surface area contributed by atoms with Crippen molar-refractivity contribution in [3.63, 3.8) is 0 Å². The number of hydrogen-bond acceptors (Lipinski definition) is 5. The van der Waals surface area contributed by atoms with Crippen LogP contribution in [0.25, 0.3) is 0 Å². The SMILES string of the molecule is NCCCOc1cc(F)ccc1Cc1nc(C(F)(F)F)c(Cl)cc1C(=O)Nc1cc[nH]c(=O)c1. The number of carbonyl (C=O) groups is 1. The maximum absolute atomic E-state index is 13.8. The minimum Gasteiger partial charge on any atom is -0.493 e. The van der Waals surface area contributed by atoms with Gasteiger partial charge in [-0.1, -0.05) is 17.7 Å². The minimum absolute atomic E-state index is 0.0831. The lowest BCUT2D eigenvalue weighted by atomic mass is 10.0. The first-order valence-corrected chi connectivity index (χ1v) is 10.3. The van der Waals surface area contributed by atoms with Crippen LogP contribution >= 0.6 is 11.6 Å². The molecule has 0 aliphatic carbocycles. The number of carbonyl (C=O) groups excluding carboxylic acids is 1. The maximum atomic E-state index is 13.8. The van der Waals surface area contributed by atoms with Crippen LogP contribution in [0, 0.1) is 5.82 Å². The molecule has 0 fully saturated rings. The first-order chi connectivity index (χ1) is 16.1. The predicted molar refractivity (Wildman–Crippen MR) is 118 cm³/mol. The van der Waals surface area contributed by atoms with E-state index in [1.807, 2.05) is 0 Å². The number of nitrogens with zero attached hydrogens (tertiary/aromatic N) is 1. The van der Waals surface area contributed by atoms with Crippen LogP contribution in [-0.2, 0) is 12.6 Å². The van der Waals surface area contributed by atoms with Gasteiger partial charge in [-0.05, 0) is 31.2 Å². The van der Waals surface area contributed by atoms with Gasteiger partial charge in [0.05, 0.1) is 22.9 Å². The molecule has 34 heavy (non-hydrogen) atoms. The molecule has 1 aromatic carbocycles. The Bertz CT molecular complexity index is 1250. The number of pyridine rings is 2.